The van der Waals surface area contributed by atoms with Gasteiger partial charge in [-0.3, -0.25) is 9.59 Å². The van der Waals surface area contributed by atoms with Crippen molar-refractivity contribution in [1.29, 1.82) is 0 Å². The molecule has 0 aromatic heterocycles. The third-order valence-corrected chi connectivity index (χ3v) is 7.14. The van der Waals surface area contributed by atoms with Crippen molar-refractivity contribution in [3.63, 3.8) is 0 Å². The Morgan fingerprint density at radius 2 is 1.87 bits per heavy atom. The van der Waals surface area contributed by atoms with Crippen LogP contribution in [0.5, 0.6) is 0 Å². The molecular formula is C20H28O3. The minimum atomic E-state index is -0.946. The summed E-state index contributed by atoms with van der Waals surface area (Å²) < 4.78 is 0. The summed E-state index contributed by atoms with van der Waals surface area (Å²) in [5.41, 5.74) is -1.44. The Hall–Kier alpha value is -1.22. The maximum absolute atomic E-state index is 12.7. The van der Waals surface area contributed by atoms with Gasteiger partial charge in [-0.05, 0) is 55.6 Å². The zero-order valence-corrected chi connectivity index (χ0v) is 14.7. The molecule has 3 rings (SSSR count). The molecule has 0 bridgehead atoms. The first-order chi connectivity index (χ1) is 10.5. The zero-order chi connectivity index (χ0) is 17.3. The van der Waals surface area contributed by atoms with E-state index in [1.165, 1.54) is 0 Å². The van der Waals surface area contributed by atoms with Gasteiger partial charge in [0, 0.05) is 11.8 Å². The molecule has 0 heterocycles. The standard InChI is InChI=1S/C20H28O3/c1-6-18(4)12-20(23)10-7-13-17(2,3)15(21)8-9-19(13,5)14(20)11-16(18)22/h6,11,13,23H,1,7-10,12H2,2-5H3. The number of Topliss-reactive ketones (excluding diaryl/α,β-unsaturated/α-hetero) is 1. The first kappa shape index (κ1) is 16.6. The van der Waals surface area contributed by atoms with Gasteiger partial charge in [-0.1, -0.05) is 26.8 Å². The van der Waals surface area contributed by atoms with E-state index in [4.69, 9.17) is 0 Å². The second kappa shape index (κ2) is 4.66. The summed E-state index contributed by atoms with van der Waals surface area (Å²) in [5, 5.41) is 11.4. The molecule has 2 fully saturated rings. The SMILES string of the molecule is C=CC1(C)CC2(O)CCC3C(C)(C)C(=O)CCC3(C)C2=CC1=O. The van der Waals surface area contributed by atoms with E-state index in [1.54, 1.807) is 12.2 Å². The summed E-state index contributed by atoms with van der Waals surface area (Å²) in [6.07, 6.45) is 6.46. The molecule has 0 spiro atoms. The highest BCUT2D eigenvalue weighted by atomic mass is 16.3. The highest BCUT2D eigenvalue weighted by Gasteiger charge is 2.61. The average Bonchev–Trinajstić information content (AvgIpc) is 2.46. The van der Waals surface area contributed by atoms with Crippen LogP contribution in [-0.4, -0.2) is 22.3 Å². The molecule has 4 atom stereocenters. The number of hydrogen-bond donors (Lipinski definition) is 1. The number of hydrogen-bond acceptors (Lipinski definition) is 3. The fourth-order valence-electron chi connectivity index (χ4n) is 5.56. The van der Waals surface area contributed by atoms with Gasteiger partial charge in [0.15, 0.2) is 5.78 Å². The van der Waals surface area contributed by atoms with Gasteiger partial charge in [-0.2, -0.15) is 0 Å². The Labute approximate surface area is 138 Å². The van der Waals surface area contributed by atoms with E-state index in [0.717, 1.165) is 18.4 Å². The number of carbonyl (C=O) groups excluding carboxylic acids is 2. The van der Waals surface area contributed by atoms with E-state index >= 15 is 0 Å². The molecule has 0 amide bonds. The van der Waals surface area contributed by atoms with Crippen LogP contribution < -0.4 is 0 Å². The van der Waals surface area contributed by atoms with Gasteiger partial charge in [0.2, 0.25) is 0 Å². The third-order valence-electron chi connectivity index (χ3n) is 7.14. The lowest BCUT2D eigenvalue weighted by molar-refractivity contribution is -0.147. The minimum Gasteiger partial charge on any atom is -0.385 e. The molecule has 3 aliphatic rings. The number of ketones is 2. The summed E-state index contributed by atoms with van der Waals surface area (Å²) in [4.78, 5) is 25.1. The normalized spacial score (nSPS) is 45.8. The second-order valence-corrected chi connectivity index (χ2v) is 8.91. The number of aliphatic hydroxyl groups is 1. The number of carbonyl (C=O) groups is 2. The van der Waals surface area contributed by atoms with Crippen molar-refractivity contribution >= 4 is 11.6 Å². The molecule has 0 aromatic carbocycles. The van der Waals surface area contributed by atoms with Crippen LogP contribution in [0.15, 0.2) is 24.3 Å². The molecule has 0 saturated heterocycles. The van der Waals surface area contributed by atoms with Gasteiger partial charge in [-0.15, -0.1) is 6.58 Å². The van der Waals surface area contributed by atoms with Crippen molar-refractivity contribution < 1.29 is 14.7 Å². The quantitative estimate of drug-likeness (QED) is 0.752. The van der Waals surface area contributed by atoms with Gasteiger partial charge in [0.25, 0.3) is 0 Å². The molecule has 3 heteroatoms. The molecular weight excluding hydrogens is 288 g/mol. The van der Waals surface area contributed by atoms with E-state index in [-0.39, 0.29) is 17.1 Å². The van der Waals surface area contributed by atoms with Crippen LogP contribution in [0.25, 0.3) is 0 Å². The highest BCUT2D eigenvalue weighted by molar-refractivity contribution is 5.98. The highest BCUT2D eigenvalue weighted by Crippen LogP contribution is 2.63. The molecule has 3 nitrogen and oxygen atoms in total. The topological polar surface area (TPSA) is 54.4 Å². The van der Waals surface area contributed by atoms with Crippen LogP contribution in [0.3, 0.4) is 0 Å². The lowest BCUT2D eigenvalue weighted by Gasteiger charge is -2.60. The Balaban J connectivity index is 2.13. The monoisotopic (exact) mass is 316 g/mol. The summed E-state index contributed by atoms with van der Waals surface area (Å²) in [6.45, 7) is 11.9. The zero-order valence-electron chi connectivity index (χ0n) is 14.7. The first-order valence-electron chi connectivity index (χ1n) is 8.66. The molecule has 0 aliphatic heterocycles. The lowest BCUT2D eigenvalue weighted by atomic mass is 9.45. The Morgan fingerprint density at radius 1 is 1.22 bits per heavy atom. The maximum Gasteiger partial charge on any atom is 0.165 e. The Morgan fingerprint density at radius 3 is 2.48 bits per heavy atom. The van der Waals surface area contributed by atoms with Gasteiger partial charge in [-0.25, -0.2) is 0 Å². The Bertz CT molecular complexity index is 629. The molecule has 126 valence electrons. The molecule has 2 saturated carbocycles. The van der Waals surface area contributed by atoms with E-state index < -0.39 is 16.4 Å². The largest absolute Gasteiger partial charge is 0.385 e. The smallest absolute Gasteiger partial charge is 0.165 e. The van der Waals surface area contributed by atoms with Crippen molar-refractivity contribution in [2.45, 2.75) is 65.4 Å². The van der Waals surface area contributed by atoms with Crippen LogP contribution in [-0.2, 0) is 9.59 Å². The van der Waals surface area contributed by atoms with E-state index in [0.29, 0.717) is 25.0 Å². The van der Waals surface area contributed by atoms with E-state index in [9.17, 15) is 14.7 Å². The molecule has 23 heavy (non-hydrogen) atoms. The first-order valence-corrected chi connectivity index (χ1v) is 8.66. The number of fused-ring (bicyclic) bond motifs is 3. The summed E-state index contributed by atoms with van der Waals surface area (Å²) >= 11 is 0. The molecule has 4 unspecified atom stereocenters. The van der Waals surface area contributed by atoms with Crippen molar-refractivity contribution in [2.24, 2.45) is 22.2 Å². The van der Waals surface area contributed by atoms with Gasteiger partial charge >= 0.3 is 0 Å². The lowest BCUT2D eigenvalue weighted by Crippen LogP contribution is -2.59. The third kappa shape index (κ3) is 2.05. The molecule has 0 radical (unpaired) electrons. The molecule has 3 aliphatic carbocycles. The van der Waals surface area contributed by atoms with Crippen LogP contribution in [0.4, 0.5) is 0 Å². The summed E-state index contributed by atoms with van der Waals surface area (Å²) in [6, 6.07) is 0. The van der Waals surface area contributed by atoms with Crippen LogP contribution in [0.2, 0.25) is 0 Å². The summed E-state index contributed by atoms with van der Waals surface area (Å²) in [5.74, 6) is 0.525. The average molecular weight is 316 g/mol. The van der Waals surface area contributed by atoms with E-state index in [2.05, 4.69) is 13.5 Å². The van der Waals surface area contributed by atoms with Gasteiger partial charge in [0.05, 0.1) is 11.0 Å². The minimum absolute atomic E-state index is 0.0313. The van der Waals surface area contributed by atoms with Crippen molar-refractivity contribution in [3.05, 3.63) is 24.3 Å². The van der Waals surface area contributed by atoms with Crippen molar-refractivity contribution in [2.75, 3.05) is 0 Å². The maximum atomic E-state index is 12.7. The molecule has 0 aromatic rings. The van der Waals surface area contributed by atoms with Crippen molar-refractivity contribution in [1.82, 2.24) is 0 Å². The number of allylic oxidation sites excluding steroid dienone is 2. The van der Waals surface area contributed by atoms with Crippen LogP contribution in [0, 0.1) is 22.2 Å². The fourth-order valence-corrected chi connectivity index (χ4v) is 5.56. The van der Waals surface area contributed by atoms with Gasteiger partial charge in [0.1, 0.15) is 5.78 Å². The predicted molar refractivity (Wildman–Crippen MR) is 89.8 cm³/mol. The van der Waals surface area contributed by atoms with E-state index in [1.807, 2.05) is 20.8 Å². The Kier molecular flexibility index (Phi) is 3.37. The molecule has 1 N–H and O–H groups in total. The summed E-state index contributed by atoms with van der Waals surface area (Å²) in [7, 11) is 0. The van der Waals surface area contributed by atoms with Crippen LogP contribution >= 0.6 is 0 Å². The number of rotatable bonds is 1. The van der Waals surface area contributed by atoms with Gasteiger partial charge < -0.3 is 5.11 Å². The fraction of sp³-hybridized carbons (Fsp3) is 0.700. The van der Waals surface area contributed by atoms with Crippen molar-refractivity contribution in [3.8, 4) is 0 Å². The second-order valence-electron chi connectivity index (χ2n) is 8.91. The predicted octanol–water partition coefficient (Wildman–Crippen LogP) is 3.61. The van der Waals surface area contributed by atoms with Crippen LogP contribution in [0.1, 0.15) is 59.8 Å².